The molecule has 4 rings (SSSR count). The average molecular weight is 476 g/mol. The van der Waals surface area contributed by atoms with Crippen LogP contribution in [0.15, 0.2) is 54.9 Å². The second-order valence-electron chi connectivity index (χ2n) is 9.87. The number of carbonyl (C=O) groups is 2. The molecule has 0 spiro atoms. The van der Waals surface area contributed by atoms with E-state index in [0.717, 1.165) is 36.6 Å². The van der Waals surface area contributed by atoms with Crippen LogP contribution in [0.3, 0.4) is 0 Å². The van der Waals surface area contributed by atoms with E-state index in [4.69, 9.17) is 0 Å². The minimum absolute atomic E-state index is 0.0570. The fourth-order valence-corrected chi connectivity index (χ4v) is 3.97. The van der Waals surface area contributed by atoms with Gasteiger partial charge in [0.15, 0.2) is 0 Å². The third-order valence-electron chi connectivity index (χ3n) is 6.09. The van der Waals surface area contributed by atoms with Gasteiger partial charge in [-0.3, -0.25) is 24.7 Å². The van der Waals surface area contributed by atoms with Gasteiger partial charge in [0.2, 0.25) is 0 Å². The van der Waals surface area contributed by atoms with E-state index in [0.29, 0.717) is 24.5 Å². The first-order valence-corrected chi connectivity index (χ1v) is 11.8. The fraction of sp³-hybridized carbons (Fsp3) is 0.385. The molecule has 0 radical (unpaired) electrons. The minimum atomic E-state index is -0.309. The number of urea groups is 1. The van der Waals surface area contributed by atoms with E-state index in [1.54, 1.807) is 29.2 Å². The number of amides is 3. The SMILES string of the molecule is Cn1nc(C(C)(C)C)cc1NC(=O)Nc1ccc(CN2CCN(C(=O)c3ccncc3)CC2)cc1. The summed E-state index contributed by atoms with van der Waals surface area (Å²) >= 11 is 0. The monoisotopic (exact) mass is 475 g/mol. The second-order valence-corrected chi connectivity index (χ2v) is 9.87. The highest BCUT2D eigenvalue weighted by Gasteiger charge is 2.22. The highest BCUT2D eigenvalue weighted by atomic mass is 16.2. The molecule has 3 heterocycles. The summed E-state index contributed by atoms with van der Waals surface area (Å²) in [4.78, 5) is 33.3. The average Bonchev–Trinajstić information content (AvgIpc) is 3.21. The van der Waals surface area contributed by atoms with Crippen LogP contribution in [0.5, 0.6) is 0 Å². The number of hydrogen-bond donors (Lipinski definition) is 2. The minimum Gasteiger partial charge on any atom is -0.336 e. The number of hydrogen-bond acceptors (Lipinski definition) is 5. The third-order valence-corrected chi connectivity index (χ3v) is 6.09. The molecule has 1 saturated heterocycles. The molecule has 35 heavy (non-hydrogen) atoms. The summed E-state index contributed by atoms with van der Waals surface area (Å²) in [7, 11) is 1.81. The molecule has 3 aromatic rings. The van der Waals surface area contributed by atoms with Gasteiger partial charge in [0, 0.05) is 74.9 Å². The van der Waals surface area contributed by atoms with E-state index in [9.17, 15) is 9.59 Å². The first-order valence-electron chi connectivity index (χ1n) is 11.8. The van der Waals surface area contributed by atoms with E-state index in [1.165, 1.54) is 0 Å². The number of rotatable bonds is 5. The molecule has 0 atom stereocenters. The molecule has 0 saturated carbocycles. The molecule has 1 aliphatic heterocycles. The van der Waals surface area contributed by atoms with Crippen LogP contribution in [0, 0.1) is 0 Å². The molecule has 0 bridgehead atoms. The quantitative estimate of drug-likeness (QED) is 0.587. The predicted molar refractivity (Wildman–Crippen MR) is 136 cm³/mol. The van der Waals surface area contributed by atoms with Crippen molar-refractivity contribution in [1.29, 1.82) is 0 Å². The van der Waals surface area contributed by atoms with Crippen molar-refractivity contribution in [1.82, 2.24) is 24.6 Å². The van der Waals surface area contributed by atoms with Crippen LogP contribution >= 0.6 is 0 Å². The van der Waals surface area contributed by atoms with E-state index in [-0.39, 0.29) is 17.4 Å². The molecule has 9 nitrogen and oxygen atoms in total. The van der Waals surface area contributed by atoms with Crippen LogP contribution in [-0.4, -0.2) is 62.7 Å². The molecular weight excluding hydrogens is 442 g/mol. The number of nitrogens with one attached hydrogen (secondary N) is 2. The smallest absolute Gasteiger partial charge is 0.324 e. The summed E-state index contributed by atoms with van der Waals surface area (Å²) in [6.07, 6.45) is 3.29. The number of carbonyl (C=O) groups excluding carboxylic acids is 2. The Morgan fingerprint density at radius 2 is 1.60 bits per heavy atom. The molecule has 184 valence electrons. The standard InChI is InChI=1S/C26H33N7O2/c1-26(2,3)22-17-23(31(4)30-22)29-25(35)28-21-7-5-19(6-8-21)18-32-13-15-33(16-14-32)24(34)20-9-11-27-12-10-20/h5-12,17H,13-16,18H2,1-4H3,(H2,28,29,35). The Balaban J connectivity index is 1.25. The van der Waals surface area contributed by atoms with Gasteiger partial charge in [0.1, 0.15) is 5.82 Å². The zero-order chi connectivity index (χ0) is 25.0. The van der Waals surface area contributed by atoms with Crippen molar-refractivity contribution in [2.45, 2.75) is 32.7 Å². The number of pyridine rings is 1. The van der Waals surface area contributed by atoms with Gasteiger partial charge in [-0.25, -0.2) is 4.79 Å². The van der Waals surface area contributed by atoms with Crippen LogP contribution in [-0.2, 0) is 19.0 Å². The second kappa shape index (κ2) is 10.3. The zero-order valence-corrected chi connectivity index (χ0v) is 20.8. The number of aryl methyl sites for hydroxylation is 1. The van der Waals surface area contributed by atoms with E-state index in [1.807, 2.05) is 42.3 Å². The number of nitrogens with zero attached hydrogens (tertiary/aromatic N) is 5. The lowest BCUT2D eigenvalue weighted by Gasteiger charge is -2.34. The van der Waals surface area contributed by atoms with Crippen LogP contribution in [0.1, 0.15) is 42.4 Å². The van der Waals surface area contributed by atoms with Crippen LogP contribution in [0.2, 0.25) is 0 Å². The molecule has 1 fully saturated rings. The molecule has 0 aliphatic carbocycles. The van der Waals surface area contributed by atoms with Gasteiger partial charge >= 0.3 is 6.03 Å². The maximum absolute atomic E-state index is 12.6. The summed E-state index contributed by atoms with van der Waals surface area (Å²) in [6, 6.07) is 12.9. The molecule has 0 unspecified atom stereocenters. The lowest BCUT2D eigenvalue weighted by Crippen LogP contribution is -2.48. The van der Waals surface area contributed by atoms with Crippen molar-refractivity contribution < 1.29 is 9.59 Å². The first kappa shape index (κ1) is 24.4. The first-order chi connectivity index (χ1) is 16.7. The Labute approximate surface area is 206 Å². The molecule has 9 heteroatoms. The number of anilines is 2. The van der Waals surface area contributed by atoms with Gasteiger partial charge < -0.3 is 10.2 Å². The van der Waals surface area contributed by atoms with E-state index in [2.05, 4.69) is 46.4 Å². The van der Waals surface area contributed by atoms with E-state index < -0.39 is 0 Å². The lowest BCUT2D eigenvalue weighted by atomic mass is 9.92. The summed E-state index contributed by atoms with van der Waals surface area (Å²) in [5, 5.41) is 10.2. The molecule has 2 N–H and O–H groups in total. The van der Waals surface area contributed by atoms with Crippen LogP contribution in [0.4, 0.5) is 16.3 Å². The summed E-state index contributed by atoms with van der Waals surface area (Å²) in [5.41, 5.74) is 3.38. The van der Waals surface area contributed by atoms with Crippen molar-refractivity contribution in [3.63, 3.8) is 0 Å². The van der Waals surface area contributed by atoms with Crippen LogP contribution < -0.4 is 10.6 Å². The Hall–Kier alpha value is -3.72. The zero-order valence-electron chi connectivity index (χ0n) is 20.8. The lowest BCUT2D eigenvalue weighted by molar-refractivity contribution is 0.0628. The fourth-order valence-electron chi connectivity index (χ4n) is 3.97. The Morgan fingerprint density at radius 3 is 2.20 bits per heavy atom. The Kier molecular flexibility index (Phi) is 7.16. The highest BCUT2D eigenvalue weighted by molar-refractivity contribution is 5.99. The van der Waals surface area contributed by atoms with Gasteiger partial charge in [-0.15, -0.1) is 0 Å². The van der Waals surface area contributed by atoms with Gasteiger partial charge in [-0.05, 0) is 29.8 Å². The Bertz CT molecular complexity index is 1160. The van der Waals surface area contributed by atoms with Gasteiger partial charge in [0.25, 0.3) is 5.91 Å². The van der Waals surface area contributed by atoms with Gasteiger partial charge in [-0.2, -0.15) is 5.10 Å². The summed E-state index contributed by atoms with van der Waals surface area (Å²) < 4.78 is 1.67. The molecule has 2 aromatic heterocycles. The highest BCUT2D eigenvalue weighted by Crippen LogP contribution is 2.23. The molecular formula is C26H33N7O2. The van der Waals surface area contributed by atoms with Gasteiger partial charge in [-0.1, -0.05) is 32.9 Å². The Morgan fingerprint density at radius 1 is 0.943 bits per heavy atom. The predicted octanol–water partition coefficient (Wildman–Crippen LogP) is 3.71. The maximum atomic E-state index is 12.6. The van der Waals surface area contributed by atoms with Crippen molar-refractivity contribution in [2.75, 3.05) is 36.8 Å². The largest absolute Gasteiger partial charge is 0.336 e. The molecule has 1 aromatic carbocycles. The van der Waals surface area contributed by atoms with Crippen molar-refractivity contribution in [3.05, 3.63) is 71.7 Å². The third kappa shape index (κ3) is 6.24. The number of aromatic nitrogens is 3. The maximum Gasteiger partial charge on any atom is 0.324 e. The topological polar surface area (TPSA) is 95.4 Å². The van der Waals surface area contributed by atoms with Gasteiger partial charge in [0.05, 0.1) is 5.69 Å². The molecule has 1 aliphatic rings. The van der Waals surface area contributed by atoms with Crippen molar-refractivity contribution >= 4 is 23.4 Å². The normalized spacial score (nSPS) is 14.6. The van der Waals surface area contributed by atoms with Crippen LogP contribution in [0.25, 0.3) is 0 Å². The van der Waals surface area contributed by atoms with E-state index >= 15 is 0 Å². The number of benzene rings is 1. The van der Waals surface area contributed by atoms with Crippen molar-refractivity contribution in [2.24, 2.45) is 7.05 Å². The summed E-state index contributed by atoms with van der Waals surface area (Å²) in [6.45, 7) is 10.1. The number of piperazine rings is 1. The van der Waals surface area contributed by atoms with Crippen molar-refractivity contribution in [3.8, 4) is 0 Å². The molecule has 3 amide bonds. The summed E-state index contributed by atoms with van der Waals surface area (Å²) in [5.74, 6) is 0.701.